The van der Waals surface area contributed by atoms with Crippen molar-refractivity contribution in [3.63, 3.8) is 0 Å². The molecule has 6 nitrogen and oxygen atoms in total. The van der Waals surface area contributed by atoms with Gasteiger partial charge < -0.3 is 4.57 Å². The van der Waals surface area contributed by atoms with Crippen LogP contribution < -0.4 is 4.72 Å². The van der Waals surface area contributed by atoms with Crippen LogP contribution in [-0.2, 0) is 29.8 Å². The van der Waals surface area contributed by atoms with Crippen LogP contribution in [0.4, 0.5) is 0 Å². The van der Waals surface area contributed by atoms with Gasteiger partial charge in [0.2, 0.25) is 0 Å². The largest absolute Gasteiger partial charge is 0.329 e. The number of benzene rings is 2. The first-order chi connectivity index (χ1) is 12.5. The molecule has 0 saturated heterocycles. The van der Waals surface area contributed by atoms with E-state index in [2.05, 4.69) is 9.71 Å². The van der Waals surface area contributed by atoms with Crippen molar-refractivity contribution in [2.24, 2.45) is 0 Å². The second-order valence-electron chi connectivity index (χ2n) is 6.02. The van der Waals surface area contributed by atoms with Gasteiger partial charge in [-0.25, -0.2) is 4.98 Å². The number of nitrogens with zero attached hydrogens (tertiary/aromatic N) is 3. The summed E-state index contributed by atoms with van der Waals surface area (Å²) in [5, 5.41) is 0. The van der Waals surface area contributed by atoms with Gasteiger partial charge in [-0.15, -0.1) is 0 Å². The molecule has 0 unspecified atom stereocenters. The fourth-order valence-corrected chi connectivity index (χ4v) is 3.44. The van der Waals surface area contributed by atoms with Gasteiger partial charge in [0, 0.05) is 32.5 Å². The first kappa shape index (κ1) is 18.3. The molecule has 0 amide bonds. The van der Waals surface area contributed by atoms with Crippen LogP contribution >= 0.6 is 0 Å². The van der Waals surface area contributed by atoms with Crippen LogP contribution in [0.15, 0.2) is 73.1 Å². The van der Waals surface area contributed by atoms with E-state index in [9.17, 15) is 8.42 Å². The molecule has 0 fully saturated rings. The molecule has 0 saturated carbocycles. The number of hydrogen-bond acceptors (Lipinski definition) is 3. The van der Waals surface area contributed by atoms with Gasteiger partial charge in [0.1, 0.15) is 5.82 Å². The third-order valence-corrected chi connectivity index (χ3v) is 5.53. The Balaban J connectivity index is 1.64. The summed E-state index contributed by atoms with van der Waals surface area (Å²) in [6, 6.07) is 19.4. The Bertz CT molecular complexity index is 924. The summed E-state index contributed by atoms with van der Waals surface area (Å²) in [4.78, 5) is 4.31. The molecule has 136 valence electrons. The number of imidazole rings is 1. The molecule has 0 atom stereocenters. The summed E-state index contributed by atoms with van der Waals surface area (Å²) >= 11 is 0. The van der Waals surface area contributed by atoms with Crippen molar-refractivity contribution in [1.82, 2.24) is 18.6 Å². The first-order valence-electron chi connectivity index (χ1n) is 8.33. The summed E-state index contributed by atoms with van der Waals surface area (Å²) in [7, 11) is -2.04. The van der Waals surface area contributed by atoms with Crippen LogP contribution in [0.5, 0.6) is 0 Å². The van der Waals surface area contributed by atoms with Crippen molar-refractivity contribution in [3.8, 4) is 0 Å². The number of hydrogen-bond donors (Lipinski definition) is 1. The molecule has 26 heavy (non-hydrogen) atoms. The Morgan fingerprint density at radius 1 is 1.00 bits per heavy atom. The summed E-state index contributed by atoms with van der Waals surface area (Å²) in [5.41, 5.74) is 2.05. The van der Waals surface area contributed by atoms with E-state index in [0.29, 0.717) is 12.4 Å². The van der Waals surface area contributed by atoms with Crippen LogP contribution in [0.1, 0.15) is 17.0 Å². The summed E-state index contributed by atoms with van der Waals surface area (Å²) in [5.74, 6) is 0.696. The highest BCUT2D eigenvalue weighted by Crippen LogP contribution is 2.09. The molecule has 0 bridgehead atoms. The zero-order valence-corrected chi connectivity index (χ0v) is 15.4. The predicted molar refractivity (Wildman–Crippen MR) is 101 cm³/mol. The zero-order valence-electron chi connectivity index (χ0n) is 14.6. The fraction of sp³-hybridized carbons (Fsp3) is 0.211. The second-order valence-corrected chi connectivity index (χ2v) is 7.89. The lowest BCUT2D eigenvalue weighted by atomic mass is 10.2. The molecule has 1 aromatic heterocycles. The molecule has 1 N–H and O–H groups in total. The van der Waals surface area contributed by atoms with Gasteiger partial charge >= 0.3 is 0 Å². The van der Waals surface area contributed by atoms with Gasteiger partial charge in [-0.3, -0.25) is 0 Å². The van der Waals surface area contributed by atoms with Gasteiger partial charge in [0.15, 0.2) is 0 Å². The average Bonchev–Trinajstić information content (AvgIpc) is 3.08. The summed E-state index contributed by atoms with van der Waals surface area (Å²) in [6.07, 6.45) is 3.55. The van der Waals surface area contributed by atoms with Gasteiger partial charge in [-0.05, 0) is 11.1 Å². The number of rotatable bonds is 8. The van der Waals surface area contributed by atoms with Crippen molar-refractivity contribution >= 4 is 10.2 Å². The Kier molecular flexibility index (Phi) is 5.82. The number of aromatic nitrogens is 2. The SMILES string of the molecule is CN(Cc1nccn1Cc1ccccc1)S(=O)(=O)NCc1ccccc1. The van der Waals surface area contributed by atoms with Crippen molar-refractivity contribution in [2.45, 2.75) is 19.6 Å². The predicted octanol–water partition coefficient (Wildman–Crippen LogP) is 2.40. The van der Waals surface area contributed by atoms with Crippen molar-refractivity contribution in [3.05, 3.63) is 90.0 Å². The molecule has 2 aromatic carbocycles. The van der Waals surface area contributed by atoms with E-state index < -0.39 is 10.2 Å². The molecule has 0 aliphatic heterocycles. The maximum Gasteiger partial charge on any atom is 0.279 e. The molecular weight excluding hydrogens is 348 g/mol. The Hall–Kier alpha value is -2.48. The van der Waals surface area contributed by atoms with Crippen molar-refractivity contribution in [2.75, 3.05) is 7.05 Å². The normalized spacial score (nSPS) is 11.8. The van der Waals surface area contributed by atoms with Crippen LogP contribution in [0.3, 0.4) is 0 Å². The molecule has 0 aliphatic carbocycles. The minimum absolute atomic E-state index is 0.198. The molecule has 0 radical (unpaired) electrons. The Morgan fingerprint density at radius 2 is 1.62 bits per heavy atom. The third-order valence-electron chi connectivity index (χ3n) is 4.07. The standard InChI is InChI=1S/C19H22N4O2S/c1-22(26(24,25)21-14-17-8-4-2-5-9-17)16-19-20-12-13-23(19)15-18-10-6-3-7-11-18/h2-13,21H,14-16H2,1H3. The monoisotopic (exact) mass is 370 g/mol. The van der Waals surface area contributed by atoms with Crippen LogP contribution in [-0.4, -0.2) is 29.3 Å². The van der Waals surface area contributed by atoms with E-state index in [1.807, 2.05) is 71.4 Å². The molecule has 7 heteroatoms. The third kappa shape index (κ3) is 4.78. The highest BCUT2D eigenvalue weighted by atomic mass is 32.2. The van der Waals surface area contributed by atoms with Crippen molar-refractivity contribution < 1.29 is 8.42 Å². The summed E-state index contributed by atoms with van der Waals surface area (Å²) in [6.45, 7) is 1.11. The fourth-order valence-electron chi connectivity index (χ4n) is 2.58. The van der Waals surface area contributed by atoms with Crippen LogP contribution in [0.25, 0.3) is 0 Å². The van der Waals surface area contributed by atoms with Gasteiger partial charge in [0.25, 0.3) is 10.2 Å². The van der Waals surface area contributed by atoms with Gasteiger partial charge in [-0.1, -0.05) is 60.7 Å². The van der Waals surface area contributed by atoms with E-state index >= 15 is 0 Å². The van der Waals surface area contributed by atoms with Gasteiger partial charge in [-0.2, -0.15) is 17.4 Å². The number of nitrogens with one attached hydrogen (secondary N) is 1. The van der Waals surface area contributed by atoms with Crippen molar-refractivity contribution in [1.29, 1.82) is 0 Å². The molecule has 1 heterocycles. The lowest BCUT2D eigenvalue weighted by Gasteiger charge is -2.18. The Morgan fingerprint density at radius 3 is 2.27 bits per heavy atom. The lowest BCUT2D eigenvalue weighted by molar-refractivity contribution is 0.438. The highest BCUT2D eigenvalue weighted by molar-refractivity contribution is 7.87. The van der Waals surface area contributed by atoms with E-state index in [0.717, 1.165) is 11.1 Å². The quantitative estimate of drug-likeness (QED) is 0.662. The Labute approximate surface area is 154 Å². The molecule has 0 aliphatic rings. The molecule has 0 spiro atoms. The topological polar surface area (TPSA) is 67.2 Å². The maximum atomic E-state index is 12.5. The first-order valence-corrected chi connectivity index (χ1v) is 9.77. The molecule has 3 rings (SSSR count). The molecule has 3 aromatic rings. The van der Waals surface area contributed by atoms with E-state index in [4.69, 9.17) is 0 Å². The lowest BCUT2D eigenvalue weighted by Crippen LogP contribution is -2.38. The van der Waals surface area contributed by atoms with Crippen LogP contribution in [0, 0.1) is 0 Å². The van der Waals surface area contributed by atoms with E-state index in [1.165, 1.54) is 4.31 Å². The van der Waals surface area contributed by atoms with E-state index in [-0.39, 0.29) is 13.1 Å². The van der Waals surface area contributed by atoms with Gasteiger partial charge in [0.05, 0.1) is 6.54 Å². The highest BCUT2D eigenvalue weighted by Gasteiger charge is 2.19. The smallest absolute Gasteiger partial charge is 0.279 e. The van der Waals surface area contributed by atoms with Crippen LogP contribution in [0.2, 0.25) is 0 Å². The van der Waals surface area contributed by atoms with E-state index in [1.54, 1.807) is 13.2 Å². The summed E-state index contributed by atoms with van der Waals surface area (Å²) < 4.78 is 30.8. The molecular formula is C19H22N4O2S. The second kappa shape index (κ2) is 8.27. The minimum Gasteiger partial charge on any atom is -0.329 e. The maximum absolute atomic E-state index is 12.5. The zero-order chi connectivity index (χ0) is 18.4. The minimum atomic E-state index is -3.59. The average molecular weight is 370 g/mol.